The van der Waals surface area contributed by atoms with E-state index in [0.717, 1.165) is 4.57 Å². The topological polar surface area (TPSA) is 101 Å². The second-order valence-corrected chi connectivity index (χ2v) is 5.64. The van der Waals surface area contributed by atoms with Gasteiger partial charge in [-0.05, 0) is 25.0 Å². The minimum Gasteiger partial charge on any atom is -0.467 e. The Bertz CT molecular complexity index is 914. The Hall–Kier alpha value is -2.90. The van der Waals surface area contributed by atoms with E-state index in [2.05, 4.69) is 4.98 Å². The average molecular weight is 331 g/mol. The van der Waals surface area contributed by atoms with Crippen LogP contribution in [0.4, 0.5) is 0 Å². The molecule has 1 saturated heterocycles. The van der Waals surface area contributed by atoms with Crippen molar-refractivity contribution < 1.29 is 14.3 Å². The molecule has 2 aromatic rings. The van der Waals surface area contributed by atoms with Crippen LogP contribution < -0.4 is 11.2 Å². The van der Waals surface area contributed by atoms with Crippen LogP contribution in [-0.4, -0.2) is 46.0 Å². The van der Waals surface area contributed by atoms with Gasteiger partial charge in [0, 0.05) is 6.54 Å². The summed E-state index contributed by atoms with van der Waals surface area (Å²) in [4.78, 5) is 52.8. The van der Waals surface area contributed by atoms with Crippen LogP contribution in [0.25, 0.3) is 10.9 Å². The van der Waals surface area contributed by atoms with E-state index in [0.29, 0.717) is 30.3 Å². The molecule has 0 radical (unpaired) electrons. The van der Waals surface area contributed by atoms with Gasteiger partial charge in [-0.25, -0.2) is 9.59 Å². The van der Waals surface area contributed by atoms with E-state index in [4.69, 9.17) is 4.74 Å². The van der Waals surface area contributed by atoms with Crippen LogP contribution in [0.1, 0.15) is 12.8 Å². The Kier molecular flexibility index (Phi) is 4.20. The van der Waals surface area contributed by atoms with Gasteiger partial charge >= 0.3 is 11.7 Å². The lowest BCUT2D eigenvalue weighted by Gasteiger charge is -2.22. The van der Waals surface area contributed by atoms with Crippen molar-refractivity contribution in [3.8, 4) is 0 Å². The van der Waals surface area contributed by atoms with Crippen molar-refractivity contribution in [1.29, 1.82) is 0 Å². The Balaban J connectivity index is 1.92. The number of aromatic nitrogens is 2. The Labute approximate surface area is 136 Å². The first-order valence-corrected chi connectivity index (χ1v) is 7.62. The number of esters is 1. The number of aromatic amines is 1. The van der Waals surface area contributed by atoms with E-state index in [9.17, 15) is 19.2 Å². The van der Waals surface area contributed by atoms with E-state index < -0.39 is 35.7 Å². The third kappa shape index (κ3) is 2.70. The molecule has 1 amide bonds. The molecule has 0 unspecified atom stereocenters. The van der Waals surface area contributed by atoms with Crippen LogP contribution in [0.3, 0.4) is 0 Å². The van der Waals surface area contributed by atoms with Crippen LogP contribution in [0.5, 0.6) is 0 Å². The van der Waals surface area contributed by atoms with Gasteiger partial charge in [0.05, 0.1) is 18.0 Å². The monoisotopic (exact) mass is 331 g/mol. The number of ether oxygens (including phenoxy) is 1. The summed E-state index contributed by atoms with van der Waals surface area (Å²) in [6.45, 7) is -0.00860. The predicted octanol–water partition coefficient (Wildman–Crippen LogP) is -0.146. The SMILES string of the molecule is COC(=O)[C@@H]1CCCN1C(=O)Cn1c(=O)[nH]c2ccccc2c1=O. The highest BCUT2D eigenvalue weighted by molar-refractivity contribution is 5.85. The van der Waals surface area contributed by atoms with E-state index in [1.165, 1.54) is 12.0 Å². The van der Waals surface area contributed by atoms with Crippen molar-refractivity contribution in [2.75, 3.05) is 13.7 Å². The number of benzene rings is 1. The summed E-state index contributed by atoms with van der Waals surface area (Å²) in [6, 6.07) is 5.94. The molecule has 1 aliphatic heterocycles. The fraction of sp³-hybridized carbons (Fsp3) is 0.375. The van der Waals surface area contributed by atoms with Crippen molar-refractivity contribution in [1.82, 2.24) is 14.5 Å². The lowest BCUT2D eigenvalue weighted by atomic mass is 10.2. The third-order valence-corrected chi connectivity index (χ3v) is 4.23. The van der Waals surface area contributed by atoms with Crippen LogP contribution in [0.15, 0.2) is 33.9 Å². The number of H-pyrrole nitrogens is 1. The van der Waals surface area contributed by atoms with Crippen molar-refractivity contribution in [2.45, 2.75) is 25.4 Å². The van der Waals surface area contributed by atoms with Crippen molar-refractivity contribution >= 4 is 22.8 Å². The number of likely N-dealkylation sites (tertiary alicyclic amines) is 1. The molecular weight excluding hydrogens is 314 g/mol. The number of amides is 1. The minimum atomic E-state index is -0.655. The summed E-state index contributed by atoms with van der Waals surface area (Å²) in [6.07, 6.45) is 1.19. The van der Waals surface area contributed by atoms with Crippen molar-refractivity contribution in [3.63, 3.8) is 0 Å². The first-order valence-electron chi connectivity index (χ1n) is 7.62. The number of methoxy groups -OCH3 is 1. The van der Waals surface area contributed by atoms with Crippen LogP contribution >= 0.6 is 0 Å². The zero-order chi connectivity index (χ0) is 17.3. The van der Waals surface area contributed by atoms with Gasteiger partial charge in [0.15, 0.2) is 0 Å². The molecule has 1 aliphatic rings. The first-order chi connectivity index (χ1) is 11.5. The maximum Gasteiger partial charge on any atom is 0.329 e. The Morgan fingerprint density at radius 3 is 2.79 bits per heavy atom. The first kappa shape index (κ1) is 16.0. The summed E-state index contributed by atoms with van der Waals surface area (Å²) in [5, 5.41) is 0.329. The minimum absolute atomic E-state index is 0.329. The number of fused-ring (bicyclic) bond motifs is 1. The smallest absolute Gasteiger partial charge is 0.329 e. The van der Waals surface area contributed by atoms with Gasteiger partial charge in [-0.3, -0.25) is 14.2 Å². The van der Waals surface area contributed by atoms with Crippen LogP contribution in [0.2, 0.25) is 0 Å². The second kappa shape index (κ2) is 6.31. The van der Waals surface area contributed by atoms with Gasteiger partial charge < -0.3 is 14.6 Å². The Morgan fingerprint density at radius 1 is 1.29 bits per heavy atom. The van der Waals surface area contributed by atoms with Crippen molar-refractivity contribution in [2.24, 2.45) is 0 Å². The molecule has 24 heavy (non-hydrogen) atoms. The second-order valence-electron chi connectivity index (χ2n) is 5.64. The van der Waals surface area contributed by atoms with Crippen molar-refractivity contribution in [3.05, 3.63) is 45.1 Å². The molecule has 2 heterocycles. The zero-order valence-electron chi connectivity index (χ0n) is 13.2. The maximum atomic E-state index is 12.5. The van der Waals surface area contributed by atoms with E-state index >= 15 is 0 Å². The molecule has 8 nitrogen and oxygen atoms in total. The highest BCUT2D eigenvalue weighted by Crippen LogP contribution is 2.18. The zero-order valence-corrected chi connectivity index (χ0v) is 13.2. The summed E-state index contributed by atoms with van der Waals surface area (Å²) in [5.41, 5.74) is -0.762. The van der Waals surface area contributed by atoms with Crippen LogP contribution in [0, 0.1) is 0 Å². The quantitative estimate of drug-likeness (QED) is 0.789. The number of hydrogen-bond acceptors (Lipinski definition) is 5. The number of carbonyl (C=O) groups is 2. The lowest BCUT2D eigenvalue weighted by molar-refractivity contribution is -0.151. The van der Waals surface area contributed by atoms with E-state index in [-0.39, 0.29) is 0 Å². The summed E-state index contributed by atoms with van der Waals surface area (Å²) < 4.78 is 5.56. The molecule has 126 valence electrons. The molecule has 1 fully saturated rings. The fourth-order valence-electron chi connectivity index (χ4n) is 3.01. The fourth-order valence-corrected chi connectivity index (χ4v) is 3.01. The van der Waals surface area contributed by atoms with Crippen LogP contribution in [-0.2, 0) is 20.9 Å². The molecule has 1 aromatic carbocycles. The number of rotatable bonds is 3. The van der Waals surface area contributed by atoms with Gasteiger partial charge in [0.25, 0.3) is 5.56 Å². The standard InChI is InChI=1S/C16H17N3O5/c1-24-15(22)12-7-4-8-18(12)13(20)9-19-14(21)10-5-2-3-6-11(10)17-16(19)23/h2-3,5-6,12H,4,7-9H2,1H3,(H,17,23)/t12-/m0/s1. The van der Waals surface area contributed by atoms with E-state index in [1.54, 1.807) is 24.3 Å². The lowest BCUT2D eigenvalue weighted by Crippen LogP contribution is -2.46. The molecule has 0 aliphatic carbocycles. The molecule has 0 spiro atoms. The number of para-hydroxylation sites is 1. The van der Waals surface area contributed by atoms with Gasteiger partial charge in [-0.2, -0.15) is 0 Å². The normalized spacial score (nSPS) is 17.2. The van der Waals surface area contributed by atoms with E-state index in [1.807, 2.05) is 0 Å². The molecule has 3 rings (SSSR count). The molecule has 0 saturated carbocycles. The molecule has 8 heteroatoms. The predicted molar refractivity (Wildman–Crippen MR) is 85.6 cm³/mol. The maximum absolute atomic E-state index is 12.5. The molecule has 0 bridgehead atoms. The van der Waals surface area contributed by atoms with Gasteiger partial charge in [-0.1, -0.05) is 12.1 Å². The largest absolute Gasteiger partial charge is 0.467 e. The Morgan fingerprint density at radius 2 is 2.04 bits per heavy atom. The number of hydrogen-bond donors (Lipinski definition) is 1. The molecular formula is C16H17N3O5. The highest BCUT2D eigenvalue weighted by Gasteiger charge is 2.35. The third-order valence-electron chi connectivity index (χ3n) is 4.23. The molecule has 1 atom stereocenters. The van der Waals surface area contributed by atoms with Gasteiger partial charge in [0.1, 0.15) is 12.6 Å². The number of nitrogens with zero attached hydrogens (tertiary/aromatic N) is 2. The number of carbonyl (C=O) groups excluding carboxylic acids is 2. The van der Waals surface area contributed by atoms with Gasteiger partial charge in [-0.15, -0.1) is 0 Å². The molecule has 1 aromatic heterocycles. The summed E-state index contributed by atoms with van der Waals surface area (Å²) >= 11 is 0. The summed E-state index contributed by atoms with van der Waals surface area (Å²) in [5.74, 6) is -0.939. The average Bonchev–Trinajstić information content (AvgIpc) is 3.07. The molecule has 1 N–H and O–H groups in total. The van der Waals surface area contributed by atoms with Gasteiger partial charge in [0.2, 0.25) is 5.91 Å². The summed E-state index contributed by atoms with van der Waals surface area (Å²) in [7, 11) is 1.27. The highest BCUT2D eigenvalue weighted by atomic mass is 16.5. The number of nitrogens with one attached hydrogen (secondary N) is 1.